The number of likely N-dealkylation sites (tertiary alicyclic amines) is 1. The molecule has 16 heavy (non-hydrogen) atoms. The van der Waals surface area contributed by atoms with Crippen LogP contribution in [0.15, 0.2) is 24.3 Å². The number of hydrogen-bond acceptors (Lipinski definition) is 2. The number of rotatable bonds is 5. The molecule has 2 rings (SSSR count). The lowest BCUT2D eigenvalue weighted by molar-refractivity contribution is 0.335. The van der Waals surface area contributed by atoms with Crippen molar-refractivity contribution in [1.82, 2.24) is 10.2 Å². The quantitative estimate of drug-likeness (QED) is 0.762. The van der Waals surface area contributed by atoms with Crippen LogP contribution in [0.5, 0.6) is 0 Å². The predicted octanol–water partition coefficient (Wildman–Crippen LogP) is 2.18. The van der Waals surface area contributed by atoms with Gasteiger partial charge in [-0.1, -0.05) is 29.8 Å². The van der Waals surface area contributed by atoms with Crippen LogP contribution >= 0.6 is 0 Å². The molecule has 0 unspecified atom stereocenters. The van der Waals surface area contributed by atoms with Crippen LogP contribution in [0.1, 0.15) is 24.0 Å². The normalized spacial score (nSPS) is 16.8. The van der Waals surface area contributed by atoms with E-state index in [4.69, 9.17) is 0 Å². The summed E-state index contributed by atoms with van der Waals surface area (Å²) in [6.45, 7) is 8.04. The fourth-order valence-corrected chi connectivity index (χ4v) is 2.30. The molecule has 0 bridgehead atoms. The molecule has 2 heteroatoms. The first-order chi connectivity index (χ1) is 7.84. The van der Waals surface area contributed by atoms with Crippen molar-refractivity contribution in [3.8, 4) is 0 Å². The molecule has 1 aliphatic heterocycles. The van der Waals surface area contributed by atoms with Crippen LogP contribution in [-0.4, -0.2) is 31.1 Å². The van der Waals surface area contributed by atoms with E-state index < -0.39 is 0 Å². The molecule has 1 fully saturated rings. The van der Waals surface area contributed by atoms with E-state index >= 15 is 0 Å². The van der Waals surface area contributed by atoms with Gasteiger partial charge in [0.25, 0.3) is 0 Å². The summed E-state index contributed by atoms with van der Waals surface area (Å²) in [5.41, 5.74) is 2.74. The standard InChI is InChI=1S/C14H22N2/c1-13-5-4-6-14(11-13)12-15-7-10-16-8-2-3-9-16/h4-6,11,15H,2-3,7-10,12H2,1H3. The number of hydrogen-bond donors (Lipinski definition) is 1. The van der Waals surface area contributed by atoms with Crippen LogP contribution in [0, 0.1) is 6.92 Å². The summed E-state index contributed by atoms with van der Waals surface area (Å²) < 4.78 is 0. The van der Waals surface area contributed by atoms with Gasteiger partial charge < -0.3 is 10.2 Å². The first-order valence-corrected chi connectivity index (χ1v) is 6.33. The van der Waals surface area contributed by atoms with Crippen molar-refractivity contribution in [1.29, 1.82) is 0 Å². The Balaban J connectivity index is 1.64. The molecule has 1 saturated heterocycles. The third-order valence-corrected chi connectivity index (χ3v) is 3.22. The fourth-order valence-electron chi connectivity index (χ4n) is 2.30. The Morgan fingerprint density at radius 2 is 2.06 bits per heavy atom. The molecule has 1 heterocycles. The zero-order valence-corrected chi connectivity index (χ0v) is 10.2. The van der Waals surface area contributed by atoms with Gasteiger partial charge in [0.15, 0.2) is 0 Å². The molecule has 0 aliphatic carbocycles. The lowest BCUT2D eigenvalue weighted by Gasteiger charge is -2.14. The molecule has 1 aliphatic rings. The second kappa shape index (κ2) is 6.02. The van der Waals surface area contributed by atoms with Gasteiger partial charge >= 0.3 is 0 Å². The fraction of sp³-hybridized carbons (Fsp3) is 0.571. The SMILES string of the molecule is Cc1cccc(CNCCN2CCCC2)c1. The van der Waals surface area contributed by atoms with Crippen molar-refractivity contribution in [3.63, 3.8) is 0 Å². The van der Waals surface area contributed by atoms with Gasteiger partial charge in [0.05, 0.1) is 0 Å². The minimum Gasteiger partial charge on any atom is -0.311 e. The first kappa shape index (κ1) is 11.6. The third kappa shape index (κ3) is 3.62. The van der Waals surface area contributed by atoms with E-state index in [0.29, 0.717) is 0 Å². The first-order valence-electron chi connectivity index (χ1n) is 6.33. The summed E-state index contributed by atoms with van der Waals surface area (Å²) in [5.74, 6) is 0. The minimum absolute atomic E-state index is 0.996. The van der Waals surface area contributed by atoms with E-state index in [2.05, 4.69) is 41.4 Å². The van der Waals surface area contributed by atoms with Gasteiger partial charge in [0.2, 0.25) is 0 Å². The lowest BCUT2D eigenvalue weighted by atomic mass is 10.1. The van der Waals surface area contributed by atoms with E-state index in [1.165, 1.54) is 43.6 Å². The van der Waals surface area contributed by atoms with Crippen molar-refractivity contribution in [2.45, 2.75) is 26.3 Å². The molecule has 0 radical (unpaired) electrons. The Bertz CT molecular complexity index is 316. The molecular weight excluding hydrogens is 196 g/mol. The summed E-state index contributed by atoms with van der Waals surface area (Å²) >= 11 is 0. The highest BCUT2D eigenvalue weighted by Crippen LogP contribution is 2.06. The van der Waals surface area contributed by atoms with Gasteiger partial charge in [0, 0.05) is 19.6 Å². The van der Waals surface area contributed by atoms with Gasteiger partial charge in [-0.15, -0.1) is 0 Å². The van der Waals surface area contributed by atoms with Gasteiger partial charge in [-0.2, -0.15) is 0 Å². The van der Waals surface area contributed by atoms with Crippen molar-refractivity contribution in [3.05, 3.63) is 35.4 Å². The average Bonchev–Trinajstić information content (AvgIpc) is 2.77. The monoisotopic (exact) mass is 218 g/mol. The Morgan fingerprint density at radius 1 is 1.25 bits per heavy atom. The van der Waals surface area contributed by atoms with E-state index in [1.54, 1.807) is 0 Å². The van der Waals surface area contributed by atoms with Crippen molar-refractivity contribution >= 4 is 0 Å². The smallest absolute Gasteiger partial charge is 0.0206 e. The highest BCUT2D eigenvalue weighted by Gasteiger charge is 2.09. The highest BCUT2D eigenvalue weighted by molar-refractivity contribution is 5.21. The Morgan fingerprint density at radius 3 is 2.81 bits per heavy atom. The Kier molecular flexibility index (Phi) is 4.37. The zero-order valence-electron chi connectivity index (χ0n) is 10.2. The Labute approximate surface area is 98.7 Å². The third-order valence-electron chi connectivity index (χ3n) is 3.22. The molecule has 0 saturated carbocycles. The zero-order chi connectivity index (χ0) is 11.2. The average molecular weight is 218 g/mol. The second-order valence-corrected chi connectivity index (χ2v) is 4.71. The van der Waals surface area contributed by atoms with Gasteiger partial charge in [-0.3, -0.25) is 0 Å². The van der Waals surface area contributed by atoms with Crippen molar-refractivity contribution < 1.29 is 0 Å². The lowest BCUT2D eigenvalue weighted by Crippen LogP contribution is -2.29. The van der Waals surface area contributed by atoms with E-state index in [-0.39, 0.29) is 0 Å². The van der Waals surface area contributed by atoms with Gasteiger partial charge in [-0.25, -0.2) is 0 Å². The molecule has 1 aromatic carbocycles. The summed E-state index contributed by atoms with van der Waals surface area (Å²) in [4.78, 5) is 2.54. The van der Waals surface area contributed by atoms with Crippen LogP contribution in [-0.2, 0) is 6.54 Å². The minimum atomic E-state index is 0.996. The maximum atomic E-state index is 3.51. The maximum Gasteiger partial charge on any atom is 0.0206 e. The second-order valence-electron chi connectivity index (χ2n) is 4.71. The highest BCUT2D eigenvalue weighted by atomic mass is 15.1. The number of nitrogens with one attached hydrogen (secondary N) is 1. The molecule has 0 atom stereocenters. The van der Waals surface area contributed by atoms with Crippen LogP contribution < -0.4 is 5.32 Å². The molecule has 0 aromatic heterocycles. The summed E-state index contributed by atoms with van der Waals surface area (Å²) in [7, 11) is 0. The largest absolute Gasteiger partial charge is 0.311 e. The molecule has 0 amide bonds. The molecule has 88 valence electrons. The predicted molar refractivity (Wildman–Crippen MR) is 68.6 cm³/mol. The number of benzene rings is 1. The maximum absolute atomic E-state index is 3.51. The van der Waals surface area contributed by atoms with Crippen LogP contribution in [0.2, 0.25) is 0 Å². The molecular formula is C14H22N2. The Hall–Kier alpha value is -0.860. The van der Waals surface area contributed by atoms with Gasteiger partial charge in [-0.05, 0) is 38.4 Å². The number of aryl methyl sites for hydroxylation is 1. The number of nitrogens with zero attached hydrogens (tertiary/aromatic N) is 1. The van der Waals surface area contributed by atoms with Crippen LogP contribution in [0.3, 0.4) is 0 Å². The molecule has 2 nitrogen and oxygen atoms in total. The topological polar surface area (TPSA) is 15.3 Å². The van der Waals surface area contributed by atoms with Crippen molar-refractivity contribution in [2.24, 2.45) is 0 Å². The van der Waals surface area contributed by atoms with Crippen molar-refractivity contribution in [2.75, 3.05) is 26.2 Å². The van der Waals surface area contributed by atoms with E-state index in [0.717, 1.165) is 13.1 Å². The molecule has 1 aromatic rings. The van der Waals surface area contributed by atoms with Crippen LogP contribution in [0.25, 0.3) is 0 Å². The summed E-state index contributed by atoms with van der Waals surface area (Å²) in [5, 5.41) is 3.51. The molecule has 1 N–H and O–H groups in total. The van der Waals surface area contributed by atoms with E-state index in [9.17, 15) is 0 Å². The summed E-state index contributed by atoms with van der Waals surface area (Å²) in [6.07, 6.45) is 2.77. The summed E-state index contributed by atoms with van der Waals surface area (Å²) in [6, 6.07) is 8.72. The molecule has 0 spiro atoms. The van der Waals surface area contributed by atoms with Crippen LogP contribution in [0.4, 0.5) is 0 Å². The van der Waals surface area contributed by atoms with E-state index in [1.807, 2.05) is 0 Å². The van der Waals surface area contributed by atoms with Gasteiger partial charge in [0.1, 0.15) is 0 Å².